The number of hydrazine groups is 1. The van der Waals surface area contributed by atoms with E-state index < -0.39 is 0 Å². The number of nitrogens with one attached hydrogen (secondary N) is 1. The van der Waals surface area contributed by atoms with E-state index in [1.165, 1.54) is 0 Å². The zero-order valence-corrected chi connectivity index (χ0v) is 13.1. The van der Waals surface area contributed by atoms with Crippen molar-refractivity contribution in [3.8, 4) is 22.5 Å². The van der Waals surface area contributed by atoms with Crippen LogP contribution in [0.2, 0.25) is 0 Å². The first kappa shape index (κ1) is 15.2. The van der Waals surface area contributed by atoms with Crippen LogP contribution in [-0.4, -0.2) is 20.2 Å². The van der Waals surface area contributed by atoms with Gasteiger partial charge in [0.2, 0.25) is 0 Å². The van der Waals surface area contributed by atoms with Crippen LogP contribution in [0.5, 0.6) is 0 Å². The molecule has 0 saturated heterocycles. The maximum atomic E-state index is 5.32. The number of benzene rings is 2. The summed E-state index contributed by atoms with van der Waals surface area (Å²) >= 11 is 5.08. The van der Waals surface area contributed by atoms with E-state index in [0.717, 1.165) is 22.5 Å². The van der Waals surface area contributed by atoms with Gasteiger partial charge in [-0.2, -0.15) is 0 Å². The number of rotatable bonds is 4. The Kier molecular flexibility index (Phi) is 4.65. The second-order valence-electron chi connectivity index (χ2n) is 4.90. The van der Waals surface area contributed by atoms with Gasteiger partial charge in [-0.05, 0) is 0 Å². The molecule has 0 saturated carbocycles. The standard InChI is InChI=1S/C17H15N5S/c18-20-15(23)11-14-19-16(12-7-3-1-4-8-12)17(22-21-14)13-9-5-2-6-10-13/h1-10H,11,18H2,(H,20,23). The molecule has 0 spiro atoms. The fraction of sp³-hybridized carbons (Fsp3) is 0.0588. The van der Waals surface area contributed by atoms with Crippen molar-refractivity contribution in [1.82, 2.24) is 20.6 Å². The Morgan fingerprint density at radius 2 is 1.43 bits per heavy atom. The van der Waals surface area contributed by atoms with Crippen LogP contribution >= 0.6 is 12.2 Å². The highest BCUT2D eigenvalue weighted by Gasteiger charge is 2.13. The highest BCUT2D eigenvalue weighted by molar-refractivity contribution is 7.80. The predicted octanol–water partition coefficient (Wildman–Crippen LogP) is 2.54. The van der Waals surface area contributed by atoms with Gasteiger partial charge >= 0.3 is 0 Å². The summed E-state index contributed by atoms with van der Waals surface area (Å²) in [6, 6.07) is 19.8. The molecule has 3 aromatic rings. The third-order valence-corrected chi connectivity index (χ3v) is 3.57. The molecule has 1 heterocycles. The molecular formula is C17H15N5S. The fourth-order valence-electron chi connectivity index (χ4n) is 2.22. The molecule has 5 nitrogen and oxygen atoms in total. The van der Waals surface area contributed by atoms with Gasteiger partial charge in [-0.1, -0.05) is 72.9 Å². The summed E-state index contributed by atoms with van der Waals surface area (Å²) in [5.74, 6) is 5.86. The lowest BCUT2D eigenvalue weighted by atomic mass is 10.0. The summed E-state index contributed by atoms with van der Waals surface area (Å²) in [5.41, 5.74) is 5.92. The van der Waals surface area contributed by atoms with Crippen molar-refractivity contribution in [3.05, 3.63) is 66.5 Å². The van der Waals surface area contributed by atoms with Crippen LogP contribution < -0.4 is 11.3 Å². The number of nitrogens with two attached hydrogens (primary N) is 1. The third kappa shape index (κ3) is 3.56. The van der Waals surface area contributed by atoms with Gasteiger partial charge in [-0.25, -0.2) is 4.98 Å². The van der Waals surface area contributed by atoms with Crippen LogP contribution in [0, 0.1) is 0 Å². The highest BCUT2D eigenvalue weighted by Crippen LogP contribution is 2.27. The molecule has 23 heavy (non-hydrogen) atoms. The summed E-state index contributed by atoms with van der Waals surface area (Å²) < 4.78 is 0. The maximum absolute atomic E-state index is 5.32. The third-order valence-electron chi connectivity index (χ3n) is 3.30. The molecule has 1 aromatic heterocycles. The minimum Gasteiger partial charge on any atom is -0.318 e. The molecule has 2 aromatic carbocycles. The highest BCUT2D eigenvalue weighted by atomic mass is 32.1. The number of nitrogens with zero attached hydrogens (tertiary/aromatic N) is 3. The Morgan fingerprint density at radius 1 is 0.870 bits per heavy atom. The zero-order chi connectivity index (χ0) is 16.1. The molecule has 3 rings (SSSR count). The minimum absolute atomic E-state index is 0.355. The molecule has 114 valence electrons. The van der Waals surface area contributed by atoms with Gasteiger partial charge in [0.15, 0.2) is 5.82 Å². The predicted molar refractivity (Wildman–Crippen MR) is 94.3 cm³/mol. The van der Waals surface area contributed by atoms with Gasteiger partial charge < -0.3 is 5.43 Å². The van der Waals surface area contributed by atoms with Crippen molar-refractivity contribution in [2.24, 2.45) is 5.84 Å². The summed E-state index contributed by atoms with van der Waals surface area (Å²) in [6.45, 7) is 0. The van der Waals surface area contributed by atoms with Crippen LogP contribution in [0.1, 0.15) is 5.82 Å². The SMILES string of the molecule is NNC(=S)Cc1nnc(-c2ccccc2)c(-c2ccccc2)n1. The van der Waals surface area contributed by atoms with Crippen molar-refractivity contribution in [2.75, 3.05) is 0 Å². The van der Waals surface area contributed by atoms with Gasteiger partial charge in [-0.15, -0.1) is 10.2 Å². The van der Waals surface area contributed by atoms with E-state index in [1.807, 2.05) is 60.7 Å². The van der Waals surface area contributed by atoms with Crippen molar-refractivity contribution in [2.45, 2.75) is 6.42 Å². The van der Waals surface area contributed by atoms with Crippen LogP contribution in [0.25, 0.3) is 22.5 Å². The first-order chi connectivity index (χ1) is 11.3. The van der Waals surface area contributed by atoms with Crippen LogP contribution in [0.3, 0.4) is 0 Å². The van der Waals surface area contributed by atoms with Crippen LogP contribution in [0.15, 0.2) is 60.7 Å². The second-order valence-corrected chi connectivity index (χ2v) is 5.39. The van der Waals surface area contributed by atoms with Gasteiger partial charge in [0.1, 0.15) is 11.4 Å². The van der Waals surface area contributed by atoms with Crippen LogP contribution in [-0.2, 0) is 6.42 Å². The first-order valence-electron chi connectivity index (χ1n) is 7.12. The zero-order valence-electron chi connectivity index (χ0n) is 12.3. The number of hydrogen-bond donors (Lipinski definition) is 2. The molecule has 0 radical (unpaired) electrons. The smallest absolute Gasteiger partial charge is 0.158 e. The molecule has 0 amide bonds. The van der Waals surface area contributed by atoms with E-state index in [0.29, 0.717) is 17.2 Å². The molecule has 0 aliphatic heterocycles. The molecule has 0 bridgehead atoms. The van der Waals surface area contributed by atoms with Gasteiger partial charge in [0.05, 0.1) is 11.4 Å². The lowest BCUT2D eigenvalue weighted by molar-refractivity contribution is 0.882. The van der Waals surface area contributed by atoms with E-state index in [4.69, 9.17) is 18.1 Å². The molecule has 0 aliphatic rings. The topological polar surface area (TPSA) is 76.7 Å². The summed E-state index contributed by atoms with van der Waals surface area (Å²) in [5, 5.41) is 8.56. The van der Waals surface area contributed by atoms with Crippen molar-refractivity contribution in [1.29, 1.82) is 0 Å². The largest absolute Gasteiger partial charge is 0.318 e. The molecular weight excluding hydrogens is 306 g/mol. The Bertz CT molecular complexity index is 806. The molecule has 3 N–H and O–H groups in total. The number of hydrogen-bond acceptors (Lipinski definition) is 5. The second kappa shape index (κ2) is 7.04. The molecule has 0 aliphatic carbocycles. The normalized spacial score (nSPS) is 10.3. The van der Waals surface area contributed by atoms with E-state index in [1.54, 1.807) is 0 Å². The Morgan fingerprint density at radius 3 is 2.00 bits per heavy atom. The van der Waals surface area contributed by atoms with Crippen molar-refractivity contribution < 1.29 is 0 Å². The monoisotopic (exact) mass is 321 g/mol. The van der Waals surface area contributed by atoms with E-state index in [2.05, 4.69) is 20.6 Å². The Hall–Kier alpha value is -2.70. The van der Waals surface area contributed by atoms with E-state index in [-0.39, 0.29) is 0 Å². The quantitative estimate of drug-likeness (QED) is 0.437. The van der Waals surface area contributed by atoms with Gasteiger partial charge in [0, 0.05) is 11.1 Å². The van der Waals surface area contributed by atoms with E-state index >= 15 is 0 Å². The Balaban J connectivity index is 2.11. The number of aromatic nitrogens is 3. The summed E-state index contributed by atoms with van der Waals surface area (Å²) in [6.07, 6.45) is 0.355. The lowest BCUT2D eigenvalue weighted by Crippen LogP contribution is -2.30. The van der Waals surface area contributed by atoms with Crippen molar-refractivity contribution >= 4 is 17.2 Å². The summed E-state index contributed by atoms with van der Waals surface area (Å²) in [7, 11) is 0. The molecule has 6 heteroatoms. The lowest BCUT2D eigenvalue weighted by Gasteiger charge is -2.09. The number of thiocarbonyl (C=S) groups is 1. The first-order valence-corrected chi connectivity index (χ1v) is 7.52. The fourth-order valence-corrected chi connectivity index (χ4v) is 2.35. The average Bonchev–Trinajstić information content (AvgIpc) is 2.63. The average molecular weight is 321 g/mol. The maximum Gasteiger partial charge on any atom is 0.158 e. The van der Waals surface area contributed by atoms with Gasteiger partial charge in [-0.3, -0.25) is 5.84 Å². The minimum atomic E-state index is 0.355. The molecule has 0 fully saturated rings. The van der Waals surface area contributed by atoms with E-state index in [9.17, 15) is 0 Å². The Labute approximate surface area is 139 Å². The molecule has 0 unspecified atom stereocenters. The van der Waals surface area contributed by atoms with Crippen LogP contribution in [0.4, 0.5) is 0 Å². The molecule has 0 atom stereocenters. The summed E-state index contributed by atoms with van der Waals surface area (Å²) in [4.78, 5) is 5.12. The van der Waals surface area contributed by atoms with Gasteiger partial charge in [0.25, 0.3) is 0 Å². The van der Waals surface area contributed by atoms with Crippen molar-refractivity contribution in [3.63, 3.8) is 0 Å².